The van der Waals surface area contributed by atoms with Gasteiger partial charge in [-0.05, 0) is 62.9 Å². The van der Waals surface area contributed by atoms with Crippen molar-refractivity contribution in [1.29, 1.82) is 5.26 Å². The number of hydrogen-bond donors (Lipinski definition) is 1. The van der Waals surface area contributed by atoms with E-state index in [0.717, 1.165) is 31.2 Å². The van der Waals surface area contributed by atoms with Gasteiger partial charge in [0.05, 0.1) is 22.3 Å². The predicted octanol–water partition coefficient (Wildman–Crippen LogP) is 3.18. The summed E-state index contributed by atoms with van der Waals surface area (Å²) in [6.45, 7) is 3.35. The second kappa shape index (κ2) is 6.03. The number of piperidine rings is 1. The highest BCUT2D eigenvalue weighted by Gasteiger charge is 2.32. The Bertz CT molecular complexity index is 513. The Morgan fingerprint density at radius 2 is 2.00 bits per heavy atom. The molecule has 1 heterocycles. The van der Waals surface area contributed by atoms with E-state index in [4.69, 9.17) is 16.9 Å². The molecule has 2 aliphatic rings. The van der Waals surface area contributed by atoms with E-state index in [9.17, 15) is 0 Å². The van der Waals surface area contributed by atoms with Crippen LogP contribution in [0.3, 0.4) is 0 Å². The summed E-state index contributed by atoms with van der Waals surface area (Å²) in [5.74, 6) is 0.753. The van der Waals surface area contributed by atoms with Crippen LogP contribution in [0.5, 0.6) is 0 Å². The van der Waals surface area contributed by atoms with Gasteiger partial charge in [-0.15, -0.1) is 0 Å². The molecule has 0 bridgehead atoms. The first-order valence-electron chi connectivity index (χ1n) is 7.45. The Morgan fingerprint density at radius 1 is 1.25 bits per heavy atom. The van der Waals surface area contributed by atoms with Crippen LogP contribution in [-0.4, -0.2) is 25.7 Å². The van der Waals surface area contributed by atoms with Crippen LogP contribution in [0.25, 0.3) is 0 Å². The molecule has 0 radical (unpaired) electrons. The van der Waals surface area contributed by atoms with E-state index in [2.05, 4.69) is 16.3 Å². The number of hydrogen-bond acceptors (Lipinski definition) is 3. The molecule has 2 fully saturated rings. The molecule has 1 aromatic carbocycles. The van der Waals surface area contributed by atoms with Crippen LogP contribution >= 0.6 is 11.6 Å². The second-order valence-corrected chi connectivity index (χ2v) is 6.26. The van der Waals surface area contributed by atoms with E-state index in [0.29, 0.717) is 16.6 Å². The van der Waals surface area contributed by atoms with E-state index < -0.39 is 0 Å². The van der Waals surface area contributed by atoms with Crippen molar-refractivity contribution < 1.29 is 0 Å². The Kier molecular flexibility index (Phi) is 4.14. The molecule has 1 aliphatic carbocycles. The molecule has 0 spiro atoms. The van der Waals surface area contributed by atoms with Crippen LogP contribution in [0, 0.1) is 17.2 Å². The van der Waals surface area contributed by atoms with Crippen molar-refractivity contribution in [1.82, 2.24) is 5.32 Å². The highest BCUT2D eigenvalue weighted by Crippen LogP contribution is 2.37. The Morgan fingerprint density at radius 3 is 2.60 bits per heavy atom. The number of anilines is 1. The number of nitriles is 1. The molecule has 106 valence electrons. The van der Waals surface area contributed by atoms with Crippen LogP contribution < -0.4 is 10.2 Å². The summed E-state index contributed by atoms with van der Waals surface area (Å²) < 4.78 is 0. The normalized spacial score (nSPS) is 19.6. The standard InChI is InChI=1S/C16H20ClN3/c17-15-9-13(10-18)1-4-16(15)20(14-2-3-14)11-12-5-7-19-8-6-12/h1,4,9,12,14,19H,2-3,5-8,11H2. The fraction of sp³-hybridized carbons (Fsp3) is 0.562. The lowest BCUT2D eigenvalue weighted by Crippen LogP contribution is -2.37. The number of rotatable bonds is 4. The topological polar surface area (TPSA) is 39.1 Å². The van der Waals surface area contributed by atoms with E-state index in [1.807, 2.05) is 12.1 Å². The summed E-state index contributed by atoms with van der Waals surface area (Å²) in [6.07, 6.45) is 5.02. The van der Waals surface area contributed by atoms with Crippen molar-refractivity contribution in [2.75, 3.05) is 24.5 Å². The van der Waals surface area contributed by atoms with Gasteiger partial charge in [-0.1, -0.05) is 11.6 Å². The van der Waals surface area contributed by atoms with Gasteiger partial charge in [0, 0.05) is 12.6 Å². The van der Waals surface area contributed by atoms with Gasteiger partial charge in [0.25, 0.3) is 0 Å². The molecule has 0 amide bonds. The third-order valence-corrected chi connectivity index (χ3v) is 4.59. The lowest BCUT2D eigenvalue weighted by molar-refractivity contribution is 0.372. The molecule has 0 unspecified atom stereocenters. The molecule has 1 saturated heterocycles. The molecular weight excluding hydrogens is 270 g/mol. The van der Waals surface area contributed by atoms with Gasteiger partial charge in [-0.2, -0.15) is 5.26 Å². The average Bonchev–Trinajstić information content (AvgIpc) is 3.31. The molecule has 1 aromatic rings. The fourth-order valence-corrected chi connectivity index (χ4v) is 3.27. The minimum Gasteiger partial charge on any atom is -0.367 e. The molecule has 1 saturated carbocycles. The Labute approximate surface area is 125 Å². The highest BCUT2D eigenvalue weighted by atomic mass is 35.5. The maximum absolute atomic E-state index is 8.94. The second-order valence-electron chi connectivity index (χ2n) is 5.85. The van der Waals surface area contributed by atoms with Gasteiger partial charge in [0.2, 0.25) is 0 Å². The smallest absolute Gasteiger partial charge is 0.0992 e. The summed E-state index contributed by atoms with van der Waals surface area (Å²) in [7, 11) is 0. The minimum absolute atomic E-state index is 0.636. The number of nitrogens with zero attached hydrogens (tertiary/aromatic N) is 2. The summed E-state index contributed by atoms with van der Waals surface area (Å²) in [6, 6.07) is 8.47. The maximum atomic E-state index is 8.94. The molecule has 3 rings (SSSR count). The largest absolute Gasteiger partial charge is 0.367 e. The fourth-order valence-electron chi connectivity index (χ4n) is 2.98. The summed E-state index contributed by atoms with van der Waals surface area (Å²) in [5, 5.41) is 13.1. The van der Waals surface area contributed by atoms with Gasteiger partial charge in [-0.25, -0.2) is 0 Å². The first kappa shape index (κ1) is 13.7. The third kappa shape index (κ3) is 3.08. The third-order valence-electron chi connectivity index (χ3n) is 4.29. The van der Waals surface area contributed by atoms with Crippen molar-refractivity contribution in [2.45, 2.75) is 31.7 Å². The van der Waals surface area contributed by atoms with Crippen LogP contribution in [-0.2, 0) is 0 Å². The van der Waals surface area contributed by atoms with Gasteiger partial charge < -0.3 is 10.2 Å². The molecule has 0 atom stereocenters. The lowest BCUT2D eigenvalue weighted by Gasteiger charge is -2.32. The molecule has 20 heavy (non-hydrogen) atoms. The Hall–Kier alpha value is -1.24. The number of benzene rings is 1. The van der Waals surface area contributed by atoms with Crippen LogP contribution in [0.15, 0.2) is 18.2 Å². The van der Waals surface area contributed by atoms with Crippen molar-refractivity contribution in [3.8, 4) is 6.07 Å². The van der Waals surface area contributed by atoms with Crippen molar-refractivity contribution in [3.63, 3.8) is 0 Å². The highest BCUT2D eigenvalue weighted by molar-refractivity contribution is 6.33. The predicted molar refractivity (Wildman–Crippen MR) is 82.1 cm³/mol. The SMILES string of the molecule is N#Cc1ccc(N(CC2CCNCC2)C2CC2)c(Cl)c1. The Balaban J connectivity index is 1.78. The van der Waals surface area contributed by atoms with Crippen LogP contribution in [0.1, 0.15) is 31.2 Å². The van der Waals surface area contributed by atoms with Gasteiger partial charge in [-0.3, -0.25) is 0 Å². The van der Waals surface area contributed by atoms with E-state index in [1.54, 1.807) is 6.07 Å². The zero-order chi connectivity index (χ0) is 13.9. The number of halogens is 1. The van der Waals surface area contributed by atoms with Gasteiger partial charge in [0.15, 0.2) is 0 Å². The molecular formula is C16H20ClN3. The van der Waals surface area contributed by atoms with E-state index in [1.165, 1.54) is 25.7 Å². The van der Waals surface area contributed by atoms with Crippen molar-refractivity contribution >= 4 is 17.3 Å². The van der Waals surface area contributed by atoms with Crippen molar-refractivity contribution in [3.05, 3.63) is 28.8 Å². The van der Waals surface area contributed by atoms with Crippen LogP contribution in [0.4, 0.5) is 5.69 Å². The first-order valence-corrected chi connectivity index (χ1v) is 7.82. The summed E-state index contributed by atoms with van der Waals surface area (Å²) in [4.78, 5) is 2.47. The molecule has 1 N–H and O–H groups in total. The lowest BCUT2D eigenvalue weighted by atomic mass is 9.97. The van der Waals surface area contributed by atoms with Gasteiger partial charge >= 0.3 is 0 Å². The average molecular weight is 290 g/mol. The molecule has 4 heteroatoms. The monoisotopic (exact) mass is 289 g/mol. The summed E-state index contributed by atoms with van der Waals surface area (Å²) in [5.41, 5.74) is 1.74. The minimum atomic E-state index is 0.636. The number of nitrogens with one attached hydrogen (secondary N) is 1. The zero-order valence-electron chi connectivity index (χ0n) is 11.6. The quantitative estimate of drug-likeness (QED) is 0.925. The zero-order valence-corrected chi connectivity index (χ0v) is 12.4. The van der Waals surface area contributed by atoms with E-state index >= 15 is 0 Å². The van der Waals surface area contributed by atoms with Crippen molar-refractivity contribution in [2.24, 2.45) is 5.92 Å². The molecule has 3 nitrogen and oxygen atoms in total. The first-order chi connectivity index (χ1) is 9.78. The van der Waals surface area contributed by atoms with Crippen LogP contribution in [0.2, 0.25) is 5.02 Å². The molecule has 1 aliphatic heterocycles. The van der Waals surface area contributed by atoms with E-state index in [-0.39, 0.29) is 0 Å². The van der Waals surface area contributed by atoms with Gasteiger partial charge in [0.1, 0.15) is 0 Å². The molecule has 0 aromatic heterocycles. The summed E-state index contributed by atoms with van der Waals surface area (Å²) >= 11 is 6.39. The maximum Gasteiger partial charge on any atom is 0.0992 e.